The van der Waals surface area contributed by atoms with E-state index in [0.29, 0.717) is 40.2 Å². The number of aryl methyl sites for hydroxylation is 1. The van der Waals surface area contributed by atoms with E-state index in [0.717, 1.165) is 15.6 Å². The van der Waals surface area contributed by atoms with Crippen LogP contribution in [-0.4, -0.2) is 19.5 Å². The second-order valence-electron chi connectivity index (χ2n) is 5.93. The van der Waals surface area contributed by atoms with Gasteiger partial charge < -0.3 is 19.8 Å². The molecule has 1 unspecified atom stereocenters. The van der Waals surface area contributed by atoms with E-state index >= 15 is 0 Å². The summed E-state index contributed by atoms with van der Waals surface area (Å²) in [5.41, 5.74) is 8.21. The maximum absolute atomic E-state index is 5.98. The maximum Gasteiger partial charge on any atom is 0.268 e. The van der Waals surface area contributed by atoms with Gasteiger partial charge in [0.2, 0.25) is 5.09 Å². The van der Waals surface area contributed by atoms with E-state index in [1.54, 1.807) is 6.26 Å². The van der Waals surface area contributed by atoms with Crippen LogP contribution in [0.15, 0.2) is 47.1 Å². The fourth-order valence-corrected chi connectivity index (χ4v) is 4.26. The summed E-state index contributed by atoms with van der Waals surface area (Å²) in [6, 6.07) is 7.94. The highest BCUT2D eigenvalue weighted by molar-refractivity contribution is 14.1. The number of fused-ring (bicyclic) bond motifs is 1. The van der Waals surface area contributed by atoms with E-state index in [4.69, 9.17) is 21.6 Å². The number of benzene rings is 1. The molecule has 1 aliphatic heterocycles. The van der Waals surface area contributed by atoms with E-state index in [1.165, 1.54) is 18.1 Å². The Kier molecular flexibility index (Phi) is 5.59. The average Bonchev–Trinajstić information content (AvgIpc) is 3.29. The molecule has 0 bridgehead atoms. The molecule has 3 heterocycles. The molecule has 1 atom stereocenters. The van der Waals surface area contributed by atoms with Gasteiger partial charge in [0.1, 0.15) is 12.6 Å². The van der Waals surface area contributed by atoms with Crippen LogP contribution in [0.3, 0.4) is 0 Å². The number of imidazole rings is 1. The first-order valence-electron chi connectivity index (χ1n) is 8.52. The number of nitrogens with zero attached hydrogens (tertiary/aromatic N) is 4. The third kappa shape index (κ3) is 3.74. The van der Waals surface area contributed by atoms with Gasteiger partial charge in [0.25, 0.3) is 6.29 Å². The Balaban J connectivity index is 1.58. The quantitative estimate of drug-likeness (QED) is 0.307. The van der Waals surface area contributed by atoms with E-state index in [-0.39, 0.29) is 0 Å². The summed E-state index contributed by atoms with van der Waals surface area (Å²) in [6.07, 6.45) is 9.43. The molecule has 0 amide bonds. The lowest BCUT2D eigenvalue weighted by Crippen LogP contribution is -2.03. The van der Waals surface area contributed by atoms with Crippen molar-refractivity contribution in [2.45, 2.75) is 30.8 Å². The Hall–Kier alpha value is -2.45. The van der Waals surface area contributed by atoms with Crippen LogP contribution in [0.1, 0.15) is 24.7 Å². The molecule has 28 heavy (non-hydrogen) atoms. The van der Waals surface area contributed by atoms with Gasteiger partial charge in [0.15, 0.2) is 22.1 Å². The normalized spacial score (nSPS) is 15.7. The van der Waals surface area contributed by atoms with E-state index in [9.17, 15) is 0 Å². The first kappa shape index (κ1) is 18.9. The molecular formula is C19H16IN5O2S. The average molecular weight is 505 g/mol. The summed E-state index contributed by atoms with van der Waals surface area (Å²) in [6.45, 7) is 0.674. The van der Waals surface area contributed by atoms with Crippen LogP contribution in [0.4, 0.5) is 5.82 Å². The Morgan fingerprint density at radius 3 is 3.00 bits per heavy atom. The minimum atomic E-state index is -0.472. The number of thioether (sulfide) groups is 1. The summed E-state index contributed by atoms with van der Waals surface area (Å²) >= 11 is 3.63. The third-order valence-corrected chi connectivity index (χ3v) is 5.96. The molecule has 2 aromatic heterocycles. The highest BCUT2D eigenvalue weighted by atomic mass is 127. The first-order valence-corrected chi connectivity index (χ1v) is 10.4. The second-order valence-corrected chi connectivity index (χ2v) is 8.06. The van der Waals surface area contributed by atoms with Gasteiger partial charge in [-0.2, -0.15) is 0 Å². The molecule has 2 N–H and O–H groups in total. The number of rotatable bonds is 6. The van der Waals surface area contributed by atoms with Crippen molar-refractivity contribution in [2.75, 3.05) is 5.73 Å². The Labute approximate surface area is 179 Å². The number of hydrogen-bond donors (Lipinski definition) is 1. The van der Waals surface area contributed by atoms with Crippen LogP contribution in [0.25, 0.3) is 11.2 Å². The number of anilines is 1. The number of nitrogen functional groups attached to an aromatic ring is 1. The highest BCUT2D eigenvalue weighted by Crippen LogP contribution is 2.39. The Morgan fingerprint density at radius 1 is 1.32 bits per heavy atom. The predicted octanol–water partition coefficient (Wildman–Crippen LogP) is 4.06. The number of ether oxygens (including phenoxy) is 2. The molecule has 0 radical (unpaired) electrons. The zero-order valence-electron chi connectivity index (χ0n) is 14.7. The van der Waals surface area contributed by atoms with Gasteiger partial charge in [-0.05, 0) is 46.8 Å². The highest BCUT2D eigenvalue weighted by Gasteiger charge is 2.26. The molecule has 9 heteroatoms. The predicted molar refractivity (Wildman–Crippen MR) is 116 cm³/mol. The number of hydrogen-bond acceptors (Lipinski definition) is 7. The number of nitrogens with two attached hydrogens (primary N) is 1. The van der Waals surface area contributed by atoms with Crippen LogP contribution >= 0.6 is 34.4 Å². The summed E-state index contributed by atoms with van der Waals surface area (Å²) in [5.74, 6) is 3.00. The summed E-state index contributed by atoms with van der Waals surface area (Å²) in [7, 11) is 0. The lowest BCUT2D eigenvalue weighted by Gasteiger charge is -2.13. The third-order valence-electron chi connectivity index (χ3n) is 4.09. The fraction of sp³-hybridized carbons (Fsp3) is 0.211. The van der Waals surface area contributed by atoms with Gasteiger partial charge in [0, 0.05) is 22.1 Å². The van der Waals surface area contributed by atoms with Crippen LogP contribution in [0, 0.1) is 15.9 Å². The van der Waals surface area contributed by atoms with Crippen molar-refractivity contribution in [1.82, 2.24) is 19.5 Å². The molecule has 1 aliphatic rings. The van der Waals surface area contributed by atoms with Gasteiger partial charge in [0.05, 0.1) is 0 Å². The molecule has 1 aromatic carbocycles. The second kappa shape index (κ2) is 8.28. The molecule has 4 rings (SSSR count). The fourth-order valence-electron chi connectivity index (χ4n) is 2.77. The lowest BCUT2D eigenvalue weighted by molar-refractivity contribution is -0.0279. The van der Waals surface area contributed by atoms with Crippen molar-refractivity contribution in [2.24, 2.45) is 0 Å². The van der Waals surface area contributed by atoms with Gasteiger partial charge in [-0.3, -0.25) is 0 Å². The Bertz CT molecular complexity index is 1090. The van der Waals surface area contributed by atoms with Gasteiger partial charge >= 0.3 is 0 Å². The lowest BCUT2D eigenvalue weighted by atomic mass is 10.2. The van der Waals surface area contributed by atoms with Gasteiger partial charge in [-0.15, -0.1) is 12.3 Å². The maximum atomic E-state index is 5.98. The van der Waals surface area contributed by atoms with E-state index in [1.807, 2.05) is 28.8 Å². The molecule has 0 fully saturated rings. The molecule has 0 saturated carbocycles. The molecule has 3 aromatic rings. The zero-order valence-corrected chi connectivity index (χ0v) is 17.7. The van der Waals surface area contributed by atoms with Crippen molar-refractivity contribution in [3.63, 3.8) is 0 Å². The SMILES string of the molecule is C#CCCCn1c(SC2=COC(c3ccccc3I)O2)nc2c(N)ncnc21. The summed E-state index contributed by atoms with van der Waals surface area (Å²) < 4.78 is 14.8. The first-order chi connectivity index (χ1) is 13.7. The number of unbranched alkanes of at least 4 members (excludes halogenated alkanes) is 1. The van der Waals surface area contributed by atoms with Crippen LogP contribution in [0.5, 0.6) is 0 Å². The van der Waals surface area contributed by atoms with Gasteiger partial charge in [-0.25, -0.2) is 15.0 Å². The van der Waals surface area contributed by atoms with Crippen LogP contribution in [-0.2, 0) is 16.0 Å². The van der Waals surface area contributed by atoms with Crippen molar-refractivity contribution in [1.29, 1.82) is 0 Å². The summed E-state index contributed by atoms with van der Waals surface area (Å²) in [5, 5.41) is 1.32. The minimum absolute atomic E-state index is 0.344. The Morgan fingerprint density at radius 2 is 2.18 bits per heavy atom. The number of halogens is 1. The molecule has 7 nitrogen and oxygen atoms in total. The minimum Gasteiger partial charge on any atom is -0.454 e. The van der Waals surface area contributed by atoms with E-state index < -0.39 is 6.29 Å². The monoisotopic (exact) mass is 505 g/mol. The molecular weight excluding hydrogens is 489 g/mol. The zero-order chi connectivity index (χ0) is 19.5. The summed E-state index contributed by atoms with van der Waals surface area (Å²) in [4.78, 5) is 13.0. The van der Waals surface area contributed by atoms with Crippen molar-refractivity contribution in [3.8, 4) is 12.3 Å². The van der Waals surface area contributed by atoms with Crippen molar-refractivity contribution >= 4 is 51.3 Å². The number of terminal acetylenes is 1. The topological polar surface area (TPSA) is 88.1 Å². The van der Waals surface area contributed by atoms with E-state index in [2.05, 4.69) is 43.5 Å². The largest absolute Gasteiger partial charge is 0.454 e. The number of aromatic nitrogens is 4. The molecule has 0 aliphatic carbocycles. The molecule has 142 valence electrons. The molecule has 0 saturated heterocycles. The smallest absolute Gasteiger partial charge is 0.268 e. The van der Waals surface area contributed by atoms with Gasteiger partial charge in [-0.1, -0.05) is 18.2 Å². The van der Waals surface area contributed by atoms with Crippen LogP contribution in [0.2, 0.25) is 0 Å². The van der Waals surface area contributed by atoms with Crippen molar-refractivity contribution < 1.29 is 9.47 Å². The van der Waals surface area contributed by atoms with Crippen molar-refractivity contribution in [3.05, 3.63) is 51.1 Å². The molecule has 0 spiro atoms. The standard InChI is InChI=1S/C19H16IN5O2S/c1-2-3-6-9-25-17-15(16(21)22-11-23-17)24-19(25)28-14-10-26-18(27-14)12-7-4-5-8-13(12)20/h1,4-5,7-8,10-11,18H,3,6,9H2,(H2,21,22,23). The van der Waals surface area contributed by atoms with Crippen LogP contribution < -0.4 is 5.73 Å².